The molecule has 1 aromatic heterocycles. The van der Waals surface area contributed by atoms with Crippen molar-refractivity contribution in [1.82, 2.24) is 9.88 Å². The van der Waals surface area contributed by atoms with Gasteiger partial charge in [-0.15, -0.1) is 0 Å². The Morgan fingerprint density at radius 2 is 1.62 bits per heavy atom. The zero-order valence-corrected chi connectivity index (χ0v) is 22.8. The van der Waals surface area contributed by atoms with Crippen LogP contribution in [0.2, 0.25) is 5.02 Å². The maximum absolute atomic E-state index is 13.2. The van der Waals surface area contributed by atoms with Crippen molar-refractivity contribution in [1.29, 1.82) is 0 Å². The molecule has 1 N–H and O–H groups in total. The first-order chi connectivity index (χ1) is 18.6. The van der Waals surface area contributed by atoms with Gasteiger partial charge in [-0.2, -0.15) is 13.2 Å². The first-order valence-corrected chi connectivity index (χ1v) is 12.7. The summed E-state index contributed by atoms with van der Waals surface area (Å²) in [6, 6.07) is 24.2. The van der Waals surface area contributed by atoms with Crippen LogP contribution in [0.4, 0.5) is 24.5 Å². The Morgan fingerprint density at radius 1 is 0.923 bits per heavy atom. The zero-order chi connectivity index (χ0) is 28.0. The predicted octanol–water partition coefficient (Wildman–Crippen LogP) is 8.01. The SMILES string of the molecule is CN(C)c1ccc(CN(Cc2ccccn2)C(=S)Nc2ccc(Oc3ccc(Cl)c(C(F)(F)F)c3)cc2)cc1. The minimum absolute atomic E-state index is 0.0322. The molecule has 39 heavy (non-hydrogen) atoms. The largest absolute Gasteiger partial charge is 0.457 e. The van der Waals surface area contributed by atoms with Crippen molar-refractivity contribution in [3.8, 4) is 11.5 Å². The lowest BCUT2D eigenvalue weighted by Crippen LogP contribution is -2.34. The van der Waals surface area contributed by atoms with Crippen LogP contribution >= 0.6 is 23.8 Å². The Morgan fingerprint density at radius 3 is 2.23 bits per heavy atom. The lowest BCUT2D eigenvalue weighted by Gasteiger charge is -2.26. The van der Waals surface area contributed by atoms with Gasteiger partial charge in [-0.3, -0.25) is 4.98 Å². The minimum Gasteiger partial charge on any atom is -0.457 e. The zero-order valence-electron chi connectivity index (χ0n) is 21.2. The molecule has 0 unspecified atom stereocenters. The molecule has 0 saturated carbocycles. The quantitative estimate of drug-likeness (QED) is 0.216. The third-order valence-electron chi connectivity index (χ3n) is 5.78. The number of alkyl halides is 3. The van der Waals surface area contributed by atoms with Gasteiger partial charge in [0.05, 0.1) is 22.8 Å². The van der Waals surface area contributed by atoms with Gasteiger partial charge < -0.3 is 19.9 Å². The number of thiocarbonyl (C=S) groups is 1. The van der Waals surface area contributed by atoms with Crippen LogP contribution in [0.3, 0.4) is 0 Å². The summed E-state index contributed by atoms with van der Waals surface area (Å²) in [4.78, 5) is 8.49. The summed E-state index contributed by atoms with van der Waals surface area (Å²) in [7, 11) is 3.99. The first kappa shape index (κ1) is 28.2. The van der Waals surface area contributed by atoms with Crippen LogP contribution in [-0.2, 0) is 19.3 Å². The van der Waals surface area contributed by atoms with Gasteiger partial charge in [0, 0.05) is 38.2 Å². The topological polar surface area (TPSA) is 40.6 Å². The molecule has 3 aromatic carbocycles. The Kier molecular flexibility index (Phi) is 8.93. The molecule has 10 heteroatoms. The first-order valence-electron chi connectivity index (χ1n) is 12.0. The molecular weight excluding hydrogens is 545 g/mol. The van der Waals surface area contributed by atoms with Gasteiger partial charge in [-0.1, -0.05) is 29.8 Å². The van der Waals surface area contributed by atoms with Crippen LogP contribution < -0.4 is 15.0 Å². The summed E-state index contributed by atoms with van der Waals surface area (Å²) in [6.45, 7) is 1.07. The second kappa shape index (κ2) is 12.4. The van der Waals surface area contributed by atoms with Gasteiger partial charge in [0.15, 0.2) is 5.11 Å². The summed E-state index contributed by atoms with van der Waals surface area (Å²) < 4.78 is 45.1. The van der Waals surface area contributed by atoms with Crippen LogP contribution in [0.5, 0.6) is 11.5 Å². The monoisotopic (exact) mass is 570 g/mol. The van der Waals surface area contributed by atoms with Gasteiger partial charge in [0.2, 0.25) is 0 Å². The number of hydrogen-bond acceptors (Lipinski definition) is 4. The number of rotatable bonds is 8. The van der Waals surface area contributed by atoms with E-state index in [1.165, 1.54) is 6.07 Å². The van der Waals surface area contributed by atoms with Crippen molar-refractivity contribution >= 4 is 40.3 Å². The fraction of sp³-hybridized carbons (Fsp3) is 0.172. The van der Waals surface area contributed by atoms with Crippen LogP contribution in [-0.4, -0.2) is 29.1 Å². The van der Waals surface area contributed by atoms with Gasteiger partial charge in [-0.25, -0.2) is 0 Å². The summed E-state index contributed by atoms with van der Waals surface area (Å²) in [5.41, 5.74) is 2.82. The number of hydrogen-bond donors (Lipinski definition) is 1. The van der Waals surface area contributed by atoms with Crippen molar-refractivity contribution in [3.05, 3.63) is 113 Å². The molecule has 0 atom stereocenters. The molecule has 0 aliphatic carbocycles. The van der Waals surface area contributed by atoms with Crippen molar-refractivity contribution in [2.45, 2.75) is 19.3 Å². The van der Waals surface area contributed by atoms with Crippen molar-refractivity contribution in [2.24, 2.45) is 0 Å². The van der Waals surface area contributed by atoms with Crippen molar-refractivity contribution in [3.63, 3.8) is 0 Å². The molecule has 4 aromatic rings. The third kappa shape index (κ3) is 7.84. The van der Waals surface area contributed by atoms with E-state index in [1.54, 1.807) is 30.5 Å². The number of benzene rings is 3. The molecule has 4 rings (SSSR count). The smallest absolute Gasteiger partial charge is 0.417 e. The second-order valence-corrected chi connectivity index (χ2v) is 9.73. The number of ether oxygens (including phenoxy) is 1. The van der Waals surface area contributed by atoms with E-state index in [1.807, 2.05) is 42.1 Å². The number of anilines is 2. The lowest BCUT2D eigenvalue weighted by molar-refractivity contribution is -0.137. The number of nitrogens with zero attached hydrogens (tertiary/aromatic N) is 3. The maximum Gasteiger partial charge on any atom is 0.417 e. The average Bonchev–Trinajstić information content (AvgIpc) is 2.91. The Labute approximate surface area is 235 Å². The molecule has 0 radical (unpaired) electrons. The number of nitrogens with one attached hydrogen (secondary N) is 1. The Bertz CT molecular complexity index is 1400. The van der Waals surface area contributed by atoms with Crippen molar-refractivity contribution < 1.29 is 17.9 Å². The molecule has 0 aliphatic rings. The molecule has 0 aliphatic heterocycles. The van der Waals surface area contributed by atoms with E-state index in [0.717, 1.165) is 29.1 Å². The van der Waals surface area contributed by atoms with E-state index in [9.17, 15) is 13.2 Å². The standard InChI is InChI=1S/C29H26ClF3N4OS/c1-36(2)23-10-6-20(7-11-23)18-37(19-22-5-3-4-16-34-22)28(39)35-21-8-12-24(13-9-21)38-25-14-15-27(30)26(17-25)29(31,32)33/h3-17H,18-19H2,1-2H3,(H,35,39). The number of aromatic nitrogens is 1. The summed E-state index contributed by atoms with van der Waals surface area (Å²) in [5.74, 6) is 0.401. The third-order valence-corrected chi connectivity index (χ3v) is 6.47. The highest BCUT2D eigenvalue weighted by Gasteiger charge is 2.33. The minimum atomic E-state index is -4.57. The second-order valence-electron chi connectivity index (χ2n) is 8.93. The molecule has 5 nitrogen and oxygen atoms in total. The molecular formula is C29H26ClF3N4OS. The lowest BCUT2D eigenvalue weighted by atomic mass is 10.2. The Balaban J connectivity index is 1.46. The van der Waals surface area contributed by atoms with Crippen LogP contribution in [0.1, 0.15) is 16.8 Å². The normalized spacial score (nSPS) is 11.1. The number of halogens is 4. The summed E-state index contributed by atoms with van der Waals surface area (Å²) >= 11 is 11.4. The van der Waals surface area contributed by atoms with Gasteiger partial charge in [-0.05, 0) is 84.5 Å². The van der Waals surface area contributed by atoms with Crippen LogP contribution in [0.25, 0.3) is 0 Å². The molecule has 0 spiro atoms. The van der Waals surface area contributed by atoms with E-state index >= 15 is 0 Å². The molecule has 0 saturated heterocycles. The highest BCUT2D eigenvalue weighted by Crippen LogP contribution is 2.37. The van der Waals surface area contributed by atoms with Gasteiger partial charge in [0.1, 0.15) is 11.5 Å². The fourth-order valence-corrected chi connectivity index (χ4v) is 4.21. The highest BCUT2D eigenvalue weighted by molar-refractivity contribution is 7.80. The Hall–Kier alpha value is -3.82. The van der Waals surface area contributed by atoms with Crippen LogP contribution in [0, 0.1) is 0 Å². The van der Waals surface area contributed by atoms with Crippen LogP contribution in [0.15, 0.2) is 91.1 Å². The predicted molar refractivity (Wildman–Crippen MR) is 153 cm³/mol. The molecule has 0 fully saturated rings. The van der Waals surface area contributed by atoms with E-state index in [4.69, 9.17) is 28.6 Å². The molecule has 202 valence electrons. The molecule has 0 amide bonds. The van der Waals surface area contributed by atoms with E-state index in [0.29, 0.717) is 29.6 Å². The van der Waals surface area contributed by atoms with E-state index in [2.05, 4.69) is 34.6 Å². The molecule has 1 heterocycles. The summed E-state index contributed by atoms with van der Waals surface area (Å²) in [6.07, 6.45) is -2.83. The van der Waals surface area contributed by atoms with Gasteiger partial charge in [0.25, 0.3) is 0 Å². The highest BCUT2D eigenvalue weighted by atomic mass is 35.5. The van der Waals surface area contributed by atoms with E-state index < -0.39 is 11.7 Å². The van der Waals surface area contributed by atoms with Crippen molar-refractivity contribution in [2.75, 3.05) is 24.3 Å². The summed E-state index contributed by atoms with van der Waals surface area (Å²) in [5, 5.41) is 3.36. The fourth-order valence-electron chi connectivity index (χ4n) is 3.74. The molecule has 0 bridgehead atoms. The maximum atomic E-state index is 13.2. The van der Waals surface area contributed by atoms with Gasteiger partial charge >= 0.3 is 6.18 Å². The number of pyridine rings is 1. The average molecular weight is 571 g/mol. The van der Waals surface area contributed by atoms with E-state index in [-0.39, 0.29) is 10.8 Å².